The molecule has 0 aliphatic heterocycles. The third-order valence-electron chi connectivity index (χ3n) is 1.91. The summed E-state index contributed by atoms with van der Waals surface area (Å²) in [4.78, 5) is 0. The summed E-state index contributed by atoms with van der Waals surface area (Å²) in [5.41, 5.74) is 0. The third kappa shape index (κ3) is 13.8. The van der Waals surface area contributed by atoms with E-state index in [0.29, 0.717) is 3.43 Å². The second-order valence-corrected chi connectivity index (χ2v) is 7.91. The van der Waals surface area contributed by atoms with Crippen LogP contribution in [0.1, 0.15) is 59.3 Å². The van der Waals surface area contributed by atoms with Gasteiger partial charge in [0.25, 0.3) is 0 Å². The Morgan fingerprint density at radius 2 is 1.50 bits per heavy atom. The Bertz CT molecular complexity index is 86.3. The number of hydrogen-bond acceptors (Lipinski definition) is 0. The second kappa shape index (κ2) is 8.86. The van der Waals surface area contributed by atoms with E-state index in [1.807, 2.05) is 0 Å². The number of halogens is 1. The molecule has 0 bridgehead atoms. The molecule has 0 atom stereocenters. The molecular weight excluding hydrogens is 319 g/mol. The van der Waals surface area contributed by atoms with Gasteiger partial charge in [-0.3, -0.25) is 0 Å². The Morgan fingerprint density at radius 1 is 1.00 bits per heavy atom. The zero-order valence-electron chi connectivity index (χ0n) is 8.65. The molecule has 0 saturated carbocycles. The molecule has 2 heteroatoms. The quantitative estimate of drug-likeness (QED) is 0.500. The summed E-state index contributed by atoms with van der Waals surface area (Å²) in [6, 6.07) is 0. The van der Waals surface area contributed by atoms with Crippen molar-refractivity contribution in [2.75, 3.05) is 0 Å². The first-order valence-electron chi connectivity index (χ1n) is 4.81. The van der Waals surface area contributed by atoms with Gasteiger partial charge in [-0.2, -0.15) is 0 Å². The van der Waals surface area contributed by atoms with Gasteiger partial charge in [-0.1, -0.05) is 0 Å². The first-order valence-corrected chi connectivity index (χ1v) is 6.24. The van der Waals surface area contributed by atoms with E-state index in [2.05, 4.69) is 20.8 Å². The minimum absolute atomic E-state index is 0. The van der Waals surface area contributed by atoms with Gasteiger partial charge in [0.05, 0.1) is 0 Å². The molecule has 0 rings (SSSR count). The summed E-state index contributed by atoms with van der Waals surface area (Å²) in [5, 5.41) is 0. The normalized spacial score (nSPS) is 11.0. The van der Waals surface area contributed by atoms with Crippen LogP contribution in [0.5, 0.6) is 0 Å². The zero-order valence-corrected chi connectivity index (χ0v) is 13.2. The van der Waals surface area contributed by atoms with Crippen molar-refractivity contribution in [1.29, 1.82) is 0 Å². The molecule has 0 N–H and O–H groups in total. The third-order valence-corrected chi connectivity index (χ3v) is 2.62. The van der Waals surface area contributed by atoms with Crippen LogP contribution in [0.2, 0.25) is 3.43 Å². The van der Waals surface area contributed by atoms with Crippen molar-refractivity contribution < 1.29 is 0 Å². The van der Waals surface area contributed by atoms with Gasteiger partial charge < -0.3 is 0 Å². The molecule has 0 fully saturated rings. The fraction of sp³-hybridized carbons (Fsp3) is 1.00. The van der Waals surface area contributed by atoms with Crippen molar-refractivity contribution in [3.05, 3.63) is 0 Å². The molecule has 0 aliphatic rings. The molecule has 0 spiro atoms. The van der Waals surface area contributed by atoms with Crippen LogP contribution in [0.15, 0.2) is 0 Å². The van der Waals surface area contributed by atoms with E-state index in [4.69, 9.17) is 0 Å². The summed E-state index contributed by atoms with van der Waals surface area (Å²) in [6.07, 6.45) is 8.56. The fourth-order valence-corrected chi connectivity index (χ4v) is 1.68. The Labute approximate surface area is 102 Å². The summed E-state index contributed by atoms with van der Waals surface area (Å²) in [5.74, 6) is 0. The SMILES string of the molecule is Br.CCCCCCC[C](C)(C)[Sn]. The van der Waals surface area contributed by atoms with Crippen LogP contribution in [-0.4, -0.2) is 22.5 Å². The first kappa shape index (κ1) is 15.7. The molecule has 0 amide bonds. The van der Waals surface area contributed by atoms with Crippen LogP contribution < -0.4 is 0 Å². The van der Waals surface area contributed by atoms with E-state index in [0.717, 1.165) is 0 Å². The van der Waals surface area contributed by atoms with Crippen LogP contribution in [-0.2, 0) is 0 Å². The number of rotatable bonds is 6. The Kier molecular flexibility index (Phi) is 11.6. The summed E-state index contributed by atoms with van der Waals surface area (Å²) < 4.78 is 0.638. The average molecular weight is 341 g/mol. The van der Waals surface area contributed by atoms with Crippen LogP contribution in [0, 0.1) is 0 Å². The minimum atomic E-state index is 0. The van der Waals surface area contributed by atoms with Crippen molar-refractivity contribution in [2.24, 2.45) is 0 Å². The monoisotopic (exact) mass is 341 g/mol. The van der Waals surface area contributed by atoms with E-state index in [1.165, 1.54) is 38.5 Å². The molecular formula is C10H22BrSn. The van der Waals surface area contributed by atoms with Crippen molar-refractivity contribution in [1.82, 2.24) is 0 Å². The van der Waals surface area contributed by atoms with Crippen LogP contribution in [0.3, 0.4) is 0 Å². The maximum absolute atomic E-state index is 2.37. The molecule has 0 aliphatic carbocycles. The van der Waals surface area contributed by atoms with E-state index < -0.39 is 0 Å². The maximum atomic E-state index is 2.37. The van der Waals surface area contributed by atoms with Gasteiger partial charge in [0, 0.05) is 0 Å². The summed E-state index contributed by atoms with van der Waals surface area (Å²) in [6.45, 7) is 7.00. The fourth-order valence-electron chi connectivity index (χ4n) is 1.17. The van der Waals surface area contributed by atoms with Gasteiger partial charge in [-0.25, -0.2) is 0 Å². The Balaban J connectivity index is 0. The van der Waals surface area contributed by atoms with E-state index >= 15 is 0 Å². The van der Waals surface area contributed by atoms with Crippen molar-refractivity contribution in [3.63, 3.8) is 0 Å². The summed E-state index contributed by atoms with van der Waals surface area (Å²) in [7, 11) is 0. The molecule has 0 saturated heterocycles. The average Bonchev–Trinajstić information content (AvgIpc) is 1.85. The molecule has 0 aromatic rings. The van der Waals surface area contributed by atoms with E-state index in [9.17, 15) is 0 Å². The molecule has 0 heterocycles. The molecule has 73 valence electrons. The van der Waals surface area contributed by atoms with E-state index in [1.54, 1.807) is 22.5 Å². The van der Waals surface area contributed by atoms with Gasteiger partial charge in [0.15, 0.2) is 0 Å². The number of hydrogen-bond donors (Lipinski definition) is 0. The molecule has 3 radical (unpaired) electrons. The van der Waals surface area contributed by atoms with Crippen LogP contribution in [0.25, 0.3) is 0 Å². The van der Waals surface area contributed by atoms with Crippen molar-refractivity contribution >= 4 is 39.5 Å². The van der Waals surface area contributed by atoms with Crippen molar-refractivity contribution in [2.45, 2.75) is 62.7 Å². The van der Waals surface area contributed by atoms with Crippen LogP contribution in [0.4, 0.5) is 0 Å². The molecule has 0 aromatic carbocycles. The molecule has 0 nitrogen and oxygen atoms in total. The van der Waals surface area contributed by atoms with Gasteiger partial charge in [-0.15, -0.1) is 17.0 Å². The molecule has 12 heavy (non-hydrogen) atoms. The molecule has 0 unspecified atom stereocenters. The molecule has 0 aromatic heterocycles. The topological polar surface area (TPSA) is 0 Å². The van der Waals surface area contributed by atoms with Crippen LogP contribution >= 0.6 is 17.0 Å². The Morgan fingerprint density at radius 3 is 1.92 bits per heavy atom. The predicted octanol–water partition coefficient (Wildman–Crippen LogP) is 4.29. The van der Waals surface area contributed by atoms with E-state index in [-0.39, 0.29) is 17.0 Å². The standard InChI is InChI=1S/C10H21.BrH.Sn/c1-4-5-6-7-8-9-10(2)3;;/h4-9H2,1-3H3;1H;. The van der Waals surface area contributed by atoms with Gasteiger partial charge in [0.2, 0.25) is 0 Å². The number of unbranched alkanes of at least 4 members (excludes halogenated alkanes) is 4. The van der Waals surface area contributed by atoms with Gasteiger partial charge >= 0.3 is 85.3 Å². The Hall–Kier alpha value is 1.28. The first-order chi connectivity index (χ1) is 5.06. The van der Waals surface area contributed by atoms with Gasteiger partial charge in [0.1, 0.15) is 0 Å². The van der Waals surface area contributed by atoms with Crippen molar-refractivity contribution in [3.8, 4) is 0 Å². The second-order valence-electron chi connectivity index (χ2n) is 4.05. The zero-order chi connectivity index (χ0) is 8.74. The predicted molar refractivity (Wildman–Crippen MR) is 63.5 cm³/mol. The summed E-state index contributed by atoms with van der Waals surface area (Å²) >= 11 is 1.69. The van der Waals surface area contributed by atoms with Gasteiger partial charge in [-0.05, 0) is 0 Å².